The van der Waals surface area contributed by atoms with Crippen molar-refractivity contribution in [2.45, 2.75) is 25.4 Å². The SMILES string of the molecule is O=[N+]([O-])c1cccnc1OC[C@@H]1CCCCO1. The van der Waals surface area contributed by atoms with Crippen molar-refractivity contribution in [3.8, 4) is 5.88 Å². The minimum Gasteiger partial charge on any atom is -0.470 e. The number of aromatic nitrogens is 1. The minimum atomic E-state index is -0.496. The van der Waals surface area contributed by atoms with Crippen LogP contribution in [-0.2, 0) is 4.74 Å². The zero-order valence-corrected chi connectivity index (χ0v) is 9.37. The molecule has 17 heavy (non-hydrogen) atoms. The number of pyridine rings is 1. The molecule has 0 aliphatic carbocycles. The highest BCUT2D eigenvalue weighted by atomic mass is 16.6. The van der Waals surface area contributed by atoms with Gasteiger partial charge in [0.05, 0.1) is 11.0 Å². The van der Waals surface area contributed by atoms with Crippen LogP contribution in [-0.4, -0.2) is 29.2 Å². The van der Waals surface area contributed by atoms with Gasteiger partial charge in [0.1, 0.15) is 6.61 Å². The highest BCUT2D eigenvalue weighted by Gasteiger charge is 2.19. The first-order valence-electron chi connectivity index (χ1n) is 5.61. The van der Waals surface area contributed by atoms with Gasteiger partial charge < -0.3 is 9.47 Å². The summed E-state index contributed by atoms with van der Waals surface area (Å²) < 4.78 is 10.8. The Labute approximate surface area is 98.7 Å². The Kier molecular flexibility index (Phi) is 3.87. The van der Waals surface area contributed by atoms with Gasteiger partial charge in [-0.15, -0.1) is 0 Å². The number of ether oxygens (including phenoxy) is 2. The van der Waals surface area contributed by atoms with E-state index in [-0.39, 0.29) is 17.7 Å². The molecular weight excluding hydrogens is 224 g/mol. The summed E-state index contributed by atoms with van der Waals surface area (Å²) >= 11 is 0. The van der Waals surface area contributed by atoms with Crippen molar-refractivity contribution in [1.29, 1.82) is 0 Å². The summed E-state index contributed by atoms with van der Waals surface area (Å²) in [4.78, 5) is 14.1. The van der Waals surface area contributed by atoms with Crippen LogP contribution in [0.3, 0.4) is 0 Å². The highest BCUT2D eigenvalue weighted by Crippen LogP contribution is 2.23. The van der Waals surface area contributed by atoms with E-state index < -0.39 is 4.92 Å². The summed E-state index contributed by atoms with van der Waals surface area (Å²) in [5.41, 5.74) is -0.108. The maximum atomic E-state index is 10.7. The summed E-state index contributed by atoms with van der Waals surface area (Å²) in [5, 5.41) is 10.7. The Morgan fingerprint density at radius 3 is 3.18 bits per heavy atom. The predicted molar refractivity (Wildman–Crippen MR) is 60.0 cm³/mol. The van der Waals surface area contributed by atoms with Crippen molar-refractivity contribution in [2.24, 2.45) is 0 Å². The molecule has 0 unspecified atom stereocenters. The van der Waals surface area contributed by atoms with Gasteiger partial charge in [0.25, 0.3) is 5.88 Å². The van der Waals surface area contributed by atoms with Crippen LogP contribution in [0, 0.1) is 10.1 Å². The van der Waals surface area contributed by atoms with Gasteiger partial charge in [0.15, 0.2) is 0 Å². The van der Waals surface area contributed by atoms with Crippen molar-refractivity contribution >= 4 is 5.69 Å². The Balaban J connectivity index is 1.96. The largest absolute Gasteiger partial charge is 0.470 e. The first-order valence-corrected chi connectivity index (χ1v) is 5.61. The molecule has 1 fully saturated rings. The molecular formula is C11H14N2O4. The van der Waals surface area contributed by atoms with Crippen LogP contribution in [0.5, 0.6) is 5.88 Å². The zero-order chi connectivity index (χ0) is 12.1. The molecule has 1 aromatic heterocycles. The van der Waals surface area contributed by atoms with Crippen LogP contribution in [0.15, 0.2) is 18.3 Å². The average molecular weight is 238 g/mol. The number of hydrogen-bond acceptors (Lipinski definition) is 5. The number of nitrogens with zero attached hydrogens (tertiary/aromatic N) is 2. The standard InChI is InChI=1S/C11H14N2O4/c14-13(15)10-5-3-6-12-11(10)17-8-9-4-1-2-7-16-9/h3,5-6,9H,1-2,4,7-8H2/t9-/m0/s1. The molecule has 0 saturated carbocycles. The topological polar surface area (TPSA) is 74.5 Å². The van der Waals surface area contributed by atoms with E-state index in [1.54, 1.807) is 0 Å². The van der Waals surface area contributed by atoms with E-state index in [0.29, 0.717) is 6.61 Å². The molecule has 2 heterocycles. The smallest absolute Gasteiger partial charge is 0.330 e. The minimum absolute atomic E-state index is 0.0189. The first-order chi connectivity index (χ1) is 8.27. The Morgan fingerprint density at radius 2 is 2.47 bits per heavy atom. The van der Waals surface area contributed by atoms with E-state index in [2.05, 4.69) is 4.98 Å². The van der Waals surface area contributed by atoms with E-state index >= 15 is 0 Å². The lowest BCUT2D eigenvalue weighted by molar-refractivity contribution is -0.386. The van der Waals surface area contributed by atoms with Crippen LogP contribution in [0.2, 0.25) is 0 Å². The van der Waals surface area contributed by atoms with Gasteiger partial charge in [-0.1, -0.05) is 0 Å². The molecule has 1 atom stereocenters. The van der Waals surface area contributed by atoms with Gasteiger partial charge in [-0.2, -0.15) is 0 Å². The Bertz CT molecular complexity index is 391. The molecule has 0 amide bonds. The second kappa shape index (κ2) is 5.58. The lowest BCUT2D eigenvalue weighted by atomic mass is 10.1. The van der Waals surface area contributed by atoms with Crippen molar-refractivity contribution in [3.05, 3.63) is 28.4 Å². The molecule has 6 heteroatoms. The summed E-state index contributed by atoms with van der Waals surface area (Å²) in [7, 11) is 0. The van der Waals surface area contributed by atoms with Gasteiger partial charge in [-0.3, -0.25) is 10.1 Å². The third-order valence-corrected chi connectivity index (χ3v) is 2.63. The van der Waals surface area contributed by atoms with Gasteiger partial charge >= 0.3 is 5.69 Å². The van der Waals surface area contributed by atoms with E-state index in [4.69, 9.17) is 9.47 Å². The van der Waals surface area contributed by atoms with Gasteiger partial charge in [-0.05, 0) is 25.3 Å². The van der Waals surface area contributed by atoms with E-state index in [1.165, 1.54) is 18.3 Å². The van der Waals surface area contributed by atoms with Crippen molar-refractivity contribution in [3.63, 3.8) is 0 Å². The molecule has 0 aromatic carbocycles. The summed E-state index contributed by atoms with van der Waals surface area (Å²) in [5.74, 6) is 0.0617. The van der Waals surface area contributed by atoms with Crippen molar-refractivity contribution in [1.82, 2.24) is 4.98 Å². The molecule has 0 bridgehead atoms. The lowest BCUT2D eigenvalue weighted by Crippen LogP contribution is -2.26. The number of rotatable bonds is 4. The lowest BCUT2D eigenvalue weighted by Gasteiger charge is -2.22. The van der Waals surface area contributed by atoms with Gasteiger partial charge in [-0.25, -0.2) is 4.98 Å². The van der Waals surface area contributed by atoms with Crippen LogP contribution in [0.25, 0.3) is 0 Å². The number of hydrogen-bond donors (Lipinski definition) is 0. The summed E-state index contributed by atoms with van der Waals surface area (Å²) in [6, 6.07) is 2.90. The monoisotopic (exact) mass is 238 g/mol. The summed E-state index contributed by atoms with van der Waals surface area (Å²) in [6.07, 6.45) is 4.61. The van der Waals surface area contributed by atoms with E-state index in [1.807, 2.05) is 0 Å². The van der Waals surface area contributed by atoms with E-state index in [9.17, 15) is 10.1 Å². The van der Waals surface area contributed by atoms with Crippen LogP contribution in [0.4, 0.5) is 5.69 Å². The number of nitro groups is 1. The molecule has 1 aliphatic heterocycles. The predicted octanol–water partition coefficient (Wildman–Crippen LogP) is 1.94. The molecule has 0 N–H and O–H groups in total. The Hall–Kier alpha value is -1.69. The zero-order valence-electron chi connectivity index (χ0n) is 9.37. The van der Waals surface area contributed by atoms with Crippen LogP contribution in [0.1, 0.15) is 19.3 Å². The molecule has 6 nitrogen and oxygen atoms in total. The highest BCUT2D eigenvalue weighted by molar-refractivity contribution is 5.39. The quantitative estimate of drug-likeness (QED) is 0.592. The fourth-order valence-electron chi connectivity index (χ4n) is 1.74. The normalized spacial score (nSPS) is 19.9. The third-order valence-electron chi connectivity index (χ3n) is 2.63. The maximum absolute atomic E-state index is 10.7. The molecule has 92 valence electrons. The van der Waals surface area contributed by atoms with Gasteiger partial charge in [0.2, 0.25) is 0 Å². The molecule has 1 aromatic rings. The first kappa shape index (κ1) is 11.8. The van der Waals surface area contributed by atoms with Crippen LogP contribution >= 0.6 is 0 Å². The Morgan fingerprint density at radius 1 is 1.59 bits per heavy atom. The fourth-order valence-corrected chi connectivity index (χ4v) is 1.74. The van der Waals surface area contributed by atoms with Crippen molar-refractivity contribution < 1.29 is 14.4 Å². The second-order valence-electron chi connectivity index (χ2n) is 3.88. The molecule has 1 aliphatic rings. The third kappa shape index (κ3) is 3.13. The molecule has 1 saturated heterocycles. The fraction of sp³-hybridized carbons (Fsp3) is 0.545. The van der Waals surface area contributed by atoms with Crippen molar-refractivity contribution in [2.75, 3.05) is 13.2 Å². The van der Waals surface area contributed by atoms with Crippen LogP contribution < -0.4 is 4.74 Å². The van der Waals surface area contributed by atoms with Gasteiger partial charge in [0, 0.05) is 18.9 Å². The molecule has 0 radical (unpaired) electrons. The summed E-state index contributed by atoms with van der Waals surface area (Å²) in [6.45, 7) is 1.05. The van der Waals surface area contributed by atoms with E-state index in [0.717, 1.165) is 25.9 Å². The second-order valence-corrected chi connectivity index (χ2v) is 3.88. The average Bonchev–Trinajstić information content (AvgIpc) is 2.38. The molecule has 2 rings (SSSR count). The molecule has 0 spiro atoms. The maximum Gasteiger partial charge on any atom is 0.330 e.